The largest absolute Gasteiger partial charge is 0.380 e. The zero-order chi connectivity index (χ0) is 59.0. The monoisotopic (exact) mass is 1060 g/mol. The average Bonchev–Trinajstić information content (AvgIpc) is 3.32. The second kappa shape index (κ2) is 35.3. The number of alkyl halides is 2. The van der Waals surface area contributed by atoms with Crippen molar-refractivity contribution >= 4 is 5.69 Å². The van der Waals surface area contributed by atoms with Gasteiger partial charge in [0, 0.05) is 64.9 Å². The quantitative estimate of drug-likeness (QED) is 0.0500. The number of hydrogen-bond donors (Lipinski definition) is 1. The van der Waals surface area contributed by atoms with Gasteiger partial charge in [0.25, 0.3) is 0 Å². The van der Waals surface area contributed by atoms with Gasteiger partial charge in [-0.15, -0.1) is 18.9 Å². The Bertz CT molecular complexity index is 2630. The molecule has 0 aromatic heterocycles. The van der Waals surface area contributed by atoms with Crippen LogP contribution >= 0.6 is 0 Å². The first-order valence-electron chi connectivity index (χ1n) is 28.1. The third-order valence-corrected chi connectivity index (χ3v) is 11.7. The van der Waals surface area contributed by atoms with Gasteiger partial charge in [-0.1, -0.05) is 189 Å². The van der Waals surface area contributed by atoms with Crippen molar-refractivity contribution in [2.24, 2.45) is 33.2 Å². The highest BCUT2D eigenvalue weighted by molar-refractivity contribution is 5.62. The minimum Gasteiger partial charge on any atom is -0.380 e. The summed E-state index contributed by atoms with van der Waals surface area (Å²) in [5.41, 5.74) is 18.8. The SMILES string of the molecule is C#CC(C)(C)C.C1#Cc2ccccc2NCc2ccccc21.C=C(C)C.CC(C)(C)C1CCC#CC(F)(F)CC1.CC(C)(C)CCCCCCN=[N+]=[N-].CC(C)(C)OC1Cc2ccccc2C#Cc2ccccc21.CC(C)C. The Morgan fingerprint density at radius 1 is 0.744 bits per heavy atom. The zero-order valence-corrected chi connectivity index (χ0v) is 51.2. The number of ether oxygens (including phenoxy) is 1. The number of nitrogens with zero attached hydrogens (tertiary/aromatic N) is 3. The van der Waals surface area contributed by atoms with Crippen molar-refractivity contribution < 1.29 is 13.5 Å². The maximum absolute atomic E-state index is 13.0. The Morgan fingerprint density at radius 3 is 1.76 bits per heavy atom. The standard InChI is InChI=1S/C20H20O.C15H11N.C12H18F2.C10H21N3.C6H10.C4H10.C4H8/c1-20(2,3)21-19-14-17-10-5-4-8-15(17)12-13-16-9-6-7-11-18(16)19;1-2-7-14-11-16-15-8-4-3-6-13(15)10-9-12(14)5-1;1-11(2,3)10-6-4-5-8-12(13,14)9-7-10;1-10(2,3)8-6-4-5-7-9-12-13-11;1-5-6(2,3)4;2*1-4(2)3/h4-11,19H,14H2,1-3H3;1-8,16H,11H2;10H,4,6-7,9H2,1-3H3;4-9H2,1-3H3;1H,2-4H3;4H,1-3H3;1H2,2-3H3. The van der Waals surface area contributed by atoms with Crippen molar-refractivity contribution in [3.8, 4) is 47.9 Å². The van der Waals surface area contributed by atoms with Crippen molar-refractivity contribution in [1.29, 1.82) is 0 Å². The second-order valence-corrected chi connectivity index (χ2v) is 25.4. The van der Waals surface area contributed by atoms with Crippen LogP contribution in [0, 0.1) is 75.9 Å². The molecular formula is C71H98F2N4O. The molecule has 1 heterocycles. The number of allylic oxidation sites excluding steroid dienone is 1. The van der Waals surface area contributed by atoms with Gasteiger partial charge in [-0.3, -0.25) is 0 Å². The number of nitrogens with one attached hydrogen (secondary N) is 1. The van der Waals surface area contributed by atoms with Crippen LogP contribution in [-0.4, -0.2) is 18.1 Å². The van der Waals surface area contributed by atoms with Crippen LogP contribution in [0.15, 0.2) is 114 Å². The number of rotatable bonds is 7. The summed E-state index contributed by atoms with van der Waals surface area (Å²) in [5, 5.41) is 6.92. The molecule has 4 aromatic carbocycles. The fourth-order valence-electron chi connectivity index (χ4n) is 7.66. The molecule has 0 spiro atoms. The van der Waals surface area contributed by atoms with E-state index in [1.807, 2.05) is 76.9 Å². The molecule has 7 heteroatoms. The summed E-state index contributed by atoms with van der Waals surface area (Å²) in [4.78, 5) is 2.72. The maximum Gasteiger partial charge on any atom is 0.308 e. The molecule has 0 fully saturated rings. The van der Waals surface area contributed by atoms with Gasteiger partial charge in [-0.05, 0) is 162 Å². The molecule has 0 amide bonds. The van der Waals surface area contributed by atoms with Crippen molar-refractivity contribution in [1.82, 2.24) is 0 Å². The summed E-state index contributed by atoms with van der Waals surface area (Å²) in [6.45, 7) is 41.0. The summed E-state index contributed by atoms with van der Waals surface area (Å²) in [5.74, 6) is 18.7. The molecule has 7 rings (SSSR count). The fraction of sp³-hybridized carbons (Fsp3) is 0.521. The van der Waals surface area contributed by atoms with Crippen LogP contribution in [0.1, 0.15) is 221 Å². The van der Waals surface area contributed by atoms with Gasteiger partial charge in [0.15, 0.2) is 0 Å². The molecule has 1 N–H and O–H groups in total. The highest BCUT2D eigenvalue weighted by Gasteiger charge is 2.32. The van der Waals surface area contributed by atoms with Crippen LogP contribution in [0.2, 0.25) is 0 Å². The molecule has 2 unspecified atom stereocenters. The minimum atomic E-state index is -2.76. The van der Waals surface area contributed by atoms with Crippen molar-refractivity contribution in [2.45, 2.75) is 206 Å². The lowest BCUT2D eigenvalue weighted by atomic mass is 9.74. The van der Waals surface area contributed by atoms with Crippen LogP contribution in [-0.2, 0) is 17.7 Å². The van der Waals surface area contributed by atoms with Gasteiger partial charge in [-0.2, -0.15) is 8.78 Å². The van der Waals surface area contributed by atoms with E-state index in [0.717, 1.165) is 59.7 Å². The van der Waals surface area contributed by atoms with Gasteiger partial charge in [-0.25, -0.2) is 0 Å². The predicted octanol–water partition coefficient (Wildman–Crippen LogP) is 20.6. The van der Waals surface area contributed by atoms with E-state index in [1.54, 1.807) is 0 Å². The first kappa shape index (κ1) is 69.8. The molecule has 0 radical (unpaired) electrons. The molecule has 0 saturated carbocycles. The smallest absolute Gasteiger partial charge is 0.308 e. The van der Waals surface area contributed by atoms with E-state index in [9.17, 15) is 8.78 Å². The lowest BCUT2D eigenvalue weighted by Gasteiger charge is -2.31. The van der Waals surface area contributed by atoms with Crippen LogP contribution in [0.3, 0.4) is 0 Å². The number of anilines is 1. The molecule has 78 heavy (non-hydrogen) atoms. The van der Waals surface area contributed by atoms with Gasteiger partial charge < -0.3 is 10.1 Å². The second-order valence-electron chi connectivity index (χ2n) is 25.4. The van der Waals surface area contributed by atoms with Gasteiger partial charge in [0.1, 0.15) is 0 Å². The number of fused-ring (bicyclic) bond motifs is 4. The lowest BCUT2D eigenvalue weighted by Crippen LogP contribution is -2.25. The molecule has 4 aromatic rings. The maximum atomic E-state index is 13.0. The summed E-state index contributed by atoms with van der Waals surface area (Å²) in [7, 11) is 0. The van der Waals surface area contributed by atoms with E-state index in [0.29, 0.717) is 30.7 Å². The van der Waals surface area contributed by atoms with E-state index >= 15 is 0 Å². The Morgan fingerprint density at radius 2 is 1.22 bits per heavy atom. The van der Waals surface area contributed by atoms with Gasteiger partial charge in [0.05, 0.1) is 17.4 Å². The first-order valence-corrected chi connectivity index (χ1v) is 28.1. The Kier molecular flexibility index (Phi) is 31.6. The minimum absolute atomic E-state index is 0.0388. The zero-order valence-electron chi connectivity index (χ0n) is 51.2. The molecule has 1 aliphatic heterocycles. The van der Waals surface area contributed by atoms with E-state index in [2.05, 4.69) is 201 Å². The number of unbranched alkanes of at least 4 members (excludes halogenated alkanes) is 3. The molecule has 422 valence electrons. The van der Waals surface area contributed by atoms with Crippen molar-refractivity contribution in [2.75, 3.05) is 11.9 Å². The highest BCUT2D eigenvalue weighted by atomic mass is 19.3. The number of hydrogen-bond acceptors (Lipinski definition) is 3. The molecule has 5 nitrogen and oxygen atoms in total. The Balaban J connectivity index is 0.000000487. The topological polar surface area (TPSA) is 70.0 Å². The summed E-state index contributed by atoms with van der Waals surface area (Å²) in [6, 6.07) is 33.1. The van der Waals surface area contributed by atoms with E-state index in [-0.39, 0.29) is 29.0 Å². The third-order valence-electron chi connectivity index (χ3n) is 11.7. The molecular weight excluding hydrogens is 963 g/mol. The van der Waals surface area contributed by atoms with Crippen LogP contribution in [0.25, 0.3) is 10.4 Å². The van der Waals surface area contributed by atoms with Crippen molar-refractivity contribution in [3.63, 3.8) is 0 Å². The molecule has 3 aliphatic rings. The van der Waals surface area contributed by atoms with E-state index < -0.39 is 5.92 Å². The lowest BCUT2D eigenvalue weighted by molar-refractivity contribution is -0.0615. The average molecular weight is 1060 g/mol. The van der Waals surface area contributed by atoms with Gasteiger partial charge >= 0.3 is 5.92 Å². The fourth-order valence-corrected chi connectivity index (χ4v) is 7.66. The molecule has 2 atom stereocenters. The van der Waals surface area contributed by atoms with Gasteiger partial charge in [0.2, 0.25) is 0 Å². The number of halogens is 2. The van der Waals surface area contributed by atoms with Crippen LogP contribution in [0.4, 0.5) is 14.5 Å². The van der Waals surface area contributed by atoms with E-state index in [4.69, 9.17) is 16.7 Å². The molecule has 2 aliphatic carbocycles. The molecule has 0 saturated heterocycles. The highest BCUT2D eigenvalue weighted by Crippen LogP contribution is 2.37. The first-order chi connectivity index (χ1) is 36.4. The van der Waals surface area contributed by atoms with Crippen LogP contribution < -0.4 is 5.32 Å². The van der Waals surface area contributed by atoms with E-state index in [1.165, 1.54) is 47.9 Å². The third kappa shape index (κ3) is 33.8. The van der Waals surface area contributed by atoms with Crippen LogP contribution in [0.5, 0.6) is 0 Å². The summed E-state index contributed by atoms with van der Waals surface area (Å²) < 4.78 is 32.4. The molecule has 0 bridgehead atoms. The summed E-state index contributed by atoms with van der Waals surface area (Å²) in [6.07, 6.45) is 14.1. The number of azide groups is 1. The predicted molar refractivity (Wildman–Crippen MR) is 332 cm³/mol. The number of benzene rings is 4. The number of terminal acetylenes is 1. The summed E-state index contributed by atoms with van der Waals surface area (Å²) >= 11 is 0. The Labute approximate surface area is 474 Å². The number of para-hydroxylation sites is 1. The Hall–Kier alpha value is -6.21. The van der Waals surface area contributed by atoms with Crippen molar-refractivity contribution in [3.05, 3.63) is 159 Å². The normalized spacial score (nSPS) is 15.3.